The number of aliphatic hydroxyl groups is 1. The maximum Gasteiger partial charge on any atom is 0.336 e. The van der Waals surface area contributed by atoms with Crippen molar-refractivity contribution < 1.29 is 44.0 Å². The molecule has 0 radical (unpaired) electrons. The van der Waals surface area contributed by atoms with E-state index in [4.69, 9.17) is 10.2 Å². The van der Waals surface area contributed by atoms with Crippen LogP contribution < -0.4 is 0 Å². The van der Waals surface area contributed by atoms with E-state index >= 15 is 0 Å². The van der Waals surface area contributed by atoms with Gasteiger partial charge in [0.05, 0.1) is 12.8 Å². The zero-order valence-corrected chi connectivity index (χ0v) is 10.4. The van der Waals surface area contributed by atoms with Crippen LogP contribution in [0.25, 0.3) is 0 Å². The fourth-order valence-electron chi connectivity index (χ4n) is 1.43. The van der Waals surface area contributed by atoms with E-state index in [0.717, 1.165) is 18.2 Å². The third-order valence-electron chi connectivity index (χ3n) is 2.42. The summed E-state index contributed by atoms with van der Waals surface area (Å²) in [5, 5.41) is 26.9. The van der Waals surface area contributed by atoms with E-state index in [1.165, 1.54) is 0 Å². The number of carbonyl (C=O) groups excluding carboxylic acids is 3. The normalized spacial score (nSPS) is 16.9. The summed E-state index contributed by atoms with van der Waals surface area (Å²) in [6, 6.07) is 0. The van der Waals surface area contributed by atoms with Gasteiger partial charge in [-0.1, -0.05) is 0 Å². The lowest BCUT2D eigenvalue weighted by Gasteiger charge is -2.20. The Morgan fingerprint density at radius 3 is 2.24 bits per heavy atom. The van der Waals surface area contributed by atoms with Gasteiger partial charge in [0.1, 0.15) is 0 Å². The van der Waals surface area contributed by atoms with Crippen LogP contribution >= 0.6 is 0 Å². The Balaban J connectivity index is 2.80. The van der Waals surface area contributed by atoms with Crippen molar-refractivity contribution in [2.24, 2.45) is 0 Å². The number of hydrogen-bond donors (Lipinski definition) is 3. The number of rotatable bonds is 6. The maximum atomic E-state index is 11.5. The minimum atomic E-state index is -2.87. The third kappa shape index (κ3) is 4.35. The molecule has 0 amide bonds. The van der Waals surface area contributed by atoms with Crippen molar-refractivity contribution in [1.82, 2.24) is 0 Å². The number of hydrogen-bond acceptors (Lipinski definition) is 7. The Bertz CT molecular complexity index is 584. The monoisotopic (exact) mass is 298 g/mol. The van der Waals surface area contributed by atoms with E-state index in [2.05, 4.69) is 4.74 Å². The average molecular weight is 298 g/mol. The Morgan fingerprint density at radius 1 is 1.10 bits per heavy atom. The first kappa shape index (κ1) is 16.2. The second kappa shape index (κ2) is 6.09. The van der Waals surface area contributed by atoms with Gasteiger partial charge >= 0.3 is 17.9 Å². The van der Waals surface area contributed by atoms with Gasteiger partial charge in [0.2, 0.25) is 5.78 Å². The molecule has 0 aromatic heterocycles. The van der Waals surface area contributed by atoms with Crippen LogP contribution in [-0.2, 0) is 28.7 Å². The van der Waals surface area contributed by atoms with Crippen LogP contribution in [0.5, 0.6) is 0 Å². The molecule has 0 spiro atoms. The lowest BCUT2D eigenvalue weighted by atomic mass is 9.96. The molecule has 9 heteroatoms. The molecule has 0 aliphatic heterocycles. The number of carbonyl (C=O) groups is 5. The Kier molecular flexibility index (Phi) is 4.71. The Morgan fingerprint density at radius 2 is 1.71 bits per heavy atom. The Labute approximate surface area is 117 Å². The van der Waals surface area contributed by atoms with Crippen molar-refractivity contribution in [3.8, 4) is 0 Å². The van der Waals surface area contributed by atoms with Crippen molar-refractivity contribution in [3.63, 3.8) is 0 Å². The van der Waals surface area contributed by atoms with Gasteiger partial charge in [0.15, 0.2) is 17.1 Å². The van der Waals surface area contributed by atoms with E-state index in [1.54, 1.807) is 0 Å². The highest BCUT2D eigenvalue weighted by Crippen LogP contribution is 2.19. The number of esters is 1. The minimum Gasteiger partial charge on any atom is -0.481 e. The highest BCUT2D eigenvalue weighted by Gasteiger charge is 2.41. The zero-order chi connectivity index (χ0) is 16.2. The third-order valence-corrected chi connectivity index (χ3v) is 2.42. The summed E-state index contributed by atoms with van der Waals surface area (Å²) in [4.78, 5) is 55.1. The standard InChI is InChI=1S/C12H10O9/c13-6-1-2-7(14)8(3-6)21-10(17)5-12(20,11(18)19)4-9(15)16/h1-3,20H,4-5H2,(H,15,16)(H,18,19). The SMILES string of the molecule is O=C1C=CC(=O)C(OC(=O)CC(O)(CC(=O)O)C(=O)O)=C1. The van der Waals surface area contributed by atoms with Gasteiger partial charge in [0, 0.05) is 6.08 Å². The van der Waals surface area contributed by atoms with Crippen LogP contribution in [0.2, 0.25) is 0 Å². The predicted octanol–water partition coefficient (Wildman–Crippen LogP) is -1.20. The van der Waals surface area contributed by atoms with Gasteiger partial charge in [-0.15, -0.1) is 0 Å². The summed E-state index contributed by atoms with van der Waals surface area (Å²) in [6.07, 6.45) is 0.0843. The lowest BCUT2D eigenvalue weighted by molar-refractivity contribution is -0.171. The molecule has 3 N–H and O–H groups in total. The van der Waals surface area contributed by atoms with Crippen molar-refractivity contribution in [2.45, 2.75) is 18.4 Å². The van der Waals surface area contributed by atoms with E-state index in [0.29, 0.717) is 0 Å². The van der Waals surface area contributed by atoms with Crippen molar-refractivity contribution in [2.75, 3.05) is 0 Å². The average Bonchev–Trinajstić information content (AvgIpc) is 2.32. The maximum absolute atomic E-state index is 11.5. The topological polar surface area (TPSA) is 155 Å². The summed E-state index contributed by atoms with van der Waals surface area (Å²) < 4.78 is 4.49. The molecule has 0 heterocycles. The van der Waals surface area contributed by atoms with Gasteiger partial charge in [-0.25, -0.2) is 4.79 Å². The minimum absolute atomic E-state index is 0.614. The number of allylic oxidation sites excluding steroid dienone is 3. The first-order chi connectivity index (χ1) is 9.64. The van der Waals surface area contributed by atoms with E-state index in [9.17, 15) is 29.1 Å². The van der Waals surface area contributed by atoms with E-state index < -0.39 is 53.7 Å². The van der Waals surface area contributed by atoms with Gasteiger partial charge in [-0.3, -0.25) is 19.2 Å². The summed E-state index contributed by atoms with van der Waals surface area (Å²) in [5.74, 6) is -6.96. The first-order valence-electron chi connectivity index (χ1n) is 5.50. The molecule has 0 saturated heterocycles. The second-order valence-corrected chi connectivity index (χ2v) is 4.17. The molecule has 0 fully saturated rings. The van der Waals surface area contributed by atoms with Gasteiger partial charge in [-0.05, 0) is 12.2 Å². The molecule has 1 atom stereocenters. The molecule has 1 aliphatic carbocycles. The van der Waals surface area contributed by atoms with Crippen LogP contribution in [0.4, 0.5) is 0 Å². The second-order valence-electron chi connectivity index (χ2n) is 4.17. The van der Waals surface area contributed by atoms with Gasteiger partial charge in [0.25, 0.3) is 0 Å². The molecule has 0 aromatic rings. The number of carboxylic acid groups (broad SMARTS) is 2. The summed E-state index contributed by atoms with van der Waals surface area (Å²) in [6.45, 7) is 0. The van der Waals surface area contributed by atoms with Crippen molar-refractivity contribution in [3.05, 3.63) is 24.0 Å². The van der Waals surface area contributed by atoms with Crippen LogP contribution in [-0.4, -0.2) is 50.4 Å². The molecule has 1 unspecified atom stereocenters. The smallest absolute Gasteiger partial charge is 0.336 e. The van der Waals surface area contributed by atoms with Crippen LogP contribution in [0.15, 0.2) is 24.0 Å². The summed E-state index contributed by atoms with van der Waals surface area (Å²) >= 11 is 0. The number of aliphatic carboxylic acids is 2. The first-order valence-corrected chi connectivity index (χ1v) is 5.50. The van der Waals surface area contributed by atoms with Crippen LogP contribution in [0.3, 0.4) is 0 Å². The molecule has 1 rings (SSSR count). The molecule has 112 valence electrons. The molecule has 21 heavy (non-hydrogen) atoms. The molecular formula is C12H10O9. The highest BCUT2D eigenvalue weighted by atomic mass is 16.5. The summed E-state index contributed by atoms with van der Waals surface area (Å²) in [5.41, 5.74) is -2.87. The van der Waals surface area contributed by atoms with Crippen molar-refractivity contribution in [1.29, 1.82) is 0 Å². The quantitative estimate of drug-likeness (QED) is 0.405. The molecular weight excluding hydrogens is 288 g/mol. The molecule has 0 saturated carbocycles. The van der Waals surface area contributed by atoms with Gasteiger partial charge < -0.3 is 20.1 Å². The Hall–Kier alpha value is -2.81. The van der Waals surface area contributed by atoms with E-state index in [1.807, 2.05) is 0 Å². The number of ether oxygens (including phenoxy) is 1. The fraction of sp³-hybridized carbons (Fsp3) is 0.250. The molecule has 1 aliphatic rings. The highest BCUT2D eigenvalue weighted by molar-refractivity contribution is 6.17. The summed E-state index contributed by atoms with van der Waals surface area (Å²) in [7, 11) is 0. The number of carboxylic acids is 2. The largest absolute Gasteiger partial charge is 0.481 e. The molecule has 0 aromatic carbocycles. The number of ketones is 2. The van der Waals surface area contributed by atoms with Gasteiger partial charge in [-0.2, -0.15) is 0 Å². The van der Waals surface area contributed by atoms with Crippen molar-refractivity contribution >= 4 is 29.5 Å². The lowest BCUT2D eigenvalue weighted by Crippen LogP contribution is -2.43. The zero-order valence-electron chi connectivity index (χ0n) is 10.4. The molecule has 9 nitrogen and oxygen atoms in total. The predicted molar refractivity (Wildman–Crippen MR) is 62.8 cm³/mol. The van der Waals surface area contributed by atoms with Crippen LogP contribution in [0, 0.1) is 0 Å². The fourth-order valence-corrected chi connectivity index (χ4v) is 1.43. The van der Waals surface area contributed by atoms with E-state index in [-0.39, 0.29) is 0 Å². The molecule has 0 bridgehead atoms. The van der Waals surface area contributed by atoms with Crippen LogP contribution in [0.1, 0.15) is 12.8 Å².